The van der Waals surface area contributed by atoms with E-state index in [-0.39, 0.29) is 27.5 Å². The van der Waals surface area contributed by atoms with Gasteiger partial charge in [-0.2, -0.15) is 0 Å². The van der Waals surface area contributed by atoms with Crippen LogP contribution >= 0.6 is 15.9 Å². The van der Waals surface area contributed by atoms with E-state index < -0.39 is 10.8 Å². The van der Waals surface area contributed by atoms with Crippen molar-refractivity contribution in [2.45, 2.75) is 44.3 Å². The van der Waals surface area contributed by atoms with Crippen LogP contribution < -0.4 is 5.56 Å². The summed E-state index contributed by atoms with van der Waals surface area (Å²) in [7, 11) is -1.40. The summed E-state index contributed by atoms with van der Waals surface area (Å²) in [6.45, 7) is 2.00. The van der Waals surface area contributed by atoms with E-state index in [1.54, 1.807) is 0 Å². The standard InChI is InChI=1S/C12H17BrN2O3S/c1-3-4-5-6-9(16)8-15-11(17)10(13)7-14-12(15)19(2)18/h7H,3-6,8H2,1-2H3. The normalized spacial score (nSPS) is 12.4. The number of ketones is 1. The molecule has 0 aromatic carbocycles. The summed E-state index contributed by atoms with van der Waals surface area (Å²) in [6, 6.07) is 0. The Morgan fingerprint density at radius 3 is 2.74 bits per heavy atom. The predicted octanol–water partition coefficient (Wildman–Crippen LogP) is 1.89. The van der Waals surface area contributed by atoms with Gasteiger partial charge in [0.05, 0.1) is 17.3 Å². The lowest BCUT2D eigenvalue weighted by atomic mass is 10.1. The highest BCUT2D eigenvalue weighted by Crippen LogP contribution is 2.07. The lowest BCUT2D eigenvalue weighted by Crippen LogP contribution is -2.29. The van der Waals surface area contributed by atoms with Crippen LogP contribution in [0.5, 0.6) is 0 Å². The van der Waals surface area contributed by atoms with Crippen LogP contribution in [0, 0.1) is 0 Å². The molecule has 19 heavy (non-hydrogen) atoms. The van der Waals surface area contributed by atoms with E-state index in [4.69, 9.17) is 0 Å². The highest BCUT2D eigenvalue weighted by atomic mass is 79.9. The van der Waals surface area contributed by atoms with Crippen LogP contribution in [0.3, 0.4) is 0 Å². The van der Waals surface area contributed by atoms with Crippen molar-refractivity contribution >= 4 is 32.5 Å². The van der Waals surface area contributed by atoms with Crippen molar-refractivity contribution in [3.05, 3.63) is 21.0 Å². The van der Waals surface area contributed by atoms with E-state index in [9.17, 15) is 13.8 Å². The smallest absolute Gasteiger partial charge is 0.268 e. The molecule has 1 atom stereocenters. The first-order chi connectivity index (χ1) is 8.97. The van der Waals surface area contributed by atoms with Crippen LogP contribution in [0.15, 0.2) is 20.6 Å². The second kappa shape index (κ2) is 7.69. The first kappa shape index (κ1) is 16.2. The molecule has 0 spiro atoms. The maximum atomic E-state index is 11.9. The fourth-order valence-corrected chi connectivity index (χ4v) is 2.62. The van der Waals surface area contributed by atoms with E-state index in [2.05, 4.69) is 27.8 Å². The molecule has 0 N–H and O–H groups in total. The van der Waals surface area contributed by atoms with Gasteiger partial charge in [0.15, 0.2) is 5.78 Å². The van der Waals surface area contributed by atoms with E-state index in [1.807, 2.05) is 0 Å². The Hall–Kier alpha value is -0.820. The van der Waals surface area contributed by atoms with Crippen LogP contribution in [-0.4, -0.2) is 25.8 Å². The molecule has 0 aliphatic rings. The summed E-state index contributed by atoms with van der Waals surface area (Å²) in [4.78, 5) is 27.7. The molecule has 1 aromatic heterocycles. The summed E-state index contributed by atoms with van der Waals surface area (Å²) in [5.74, 6) is -0.0397. The lowest BCUT2D eigenvalue weighted by Gasteiger charge is -2.09. The molecule has 0 saturated heterocycles. The molecule has 1 unspecified atom stereocenters. The predicted molar refractivity (Wildman–Crippen MR) is 77.7 cm³/mol. The Balaban J connectivity index is 2.93. The Bertz CT molecular complexity index is 542. The zero-order valence-corrected chi connectivity index (χ0v) is 13.4. The van der Waals surface area contributed by atoms with Crippen LogP contribution in [-0.2, 0) is 22.1 Å². The number of aromatic nitrogens is 2. The van der Waals surface area contributed by atoms with Gasteiger partial charge in [0, 0.05) is 18.9 Å². The maximum Gasteiger partial charge on any atom is 0.268 e. The molecule has 5 nitrogen and oxygen atoms in total. The second-order valence-corrected chi connectivity index (χ2v) is 6.36. The van der Waals surface area contributed by atoms with Crippen molar-refractivity contribution in [1.82, 2.24) is 9.55 Å². The van der Waals surface area contributed by atoms with Crippen molar-refractivity contribution in [1.29, 1.82) is 0 Å². The minimum Gasteiger partial charge on any atom is -0.298 e. The molecule has 0 aliphatic carbocycles. The van der Waals surface area contributed by atoms with Crippen molar-refractivity contribution in [3.8, 4) is 0 Å². The average molecular weight is 349 g/mol. The third-order valence-electron chi connectivity index (χ3n) is 2.62. The Morgan fingerprint density at radius 2 is 2.16 bits per heavy atom. The van der Waals surface area contributed by atoms with Crippen LogP contribution in [0.1, 0.15) is 32.6 Å². The molecule has 1 aromatic rings. The molecule has 0 radical (unpaired) electrons. The van der Waals surface area contributed by atoms with Gasteiger partial charge in [-0.05, 0) is 22.4 Å². The van der Waals surface area contributed by atoms with Gasteiger partial charge in [0.25, 0.3) is 5.56 Å². The first-order valence-corrected chi connectivity index (χ1v) is 8.43. The quantitative estimate of drug-likeness (QED) is 0.557. The summed E-state index contributed by atoms with van der Waals surface area (Å²) < 4.78 is 13.0. The average Bonchev–Trinajstić information content (AvgIpc) is 2.35. The number of Topliss-reactive ketones (excluding diaryl/α,β-unsaturated/α-hetero) is 1. The molecular formula is C12H17BrN2O3S. The minimum atomic E-state index is -1.40. The largest absolute Gasteiger partial charge is 0.298 e. The van der Waals surface area contributed by atoms with Crippen LogP contribution in [0.25, 0.3) is 0 Å². The van der Waals surface area contributed by atoms with Gasteiger partial charge in [0.1, 0.15) is 4.47 Å². The zero-order chi connectivity index (χ0) is 14.4. The molecule has 0 saturated carbocycles. The molecule has 7 heteroatoms. The Morgan fingerprint density at radius 1 is 1.47 bits per heavy atom. The molecule has 0 amide bonds. The number of hydrogen-bond donors (Lipinski definition) is 0. The van der Waals surface area contributed by atoms with E-state index in [0.29, 0.717) is 6.42 Å². The van der Waals surface area contributed by atoms with Gasteiger partial charge in [-0.1, -0.05) is 19.8 Å². The monoisotopic (exact) mass is 348 g/mol. The van der Waals surface area contributed by atoms with Crippen LogP contribution in [0.2, 0.25) is 0 Å². The molecule has 0 aliphatic heterocycles. The van der Waals surface area contributed by atoms with Gasteiger partial charge < -0.3 is 0 Å². The molecule has 1 heterocycles. The van der Waals surface area contributed by atoms with Gasteiger partial charge in [-0.3, -0.25) is 18.4 Å². The van der Waals surface area contributed by atoms with E-state index >= 15 is 0 Å². The molecule has 106 valence electrons. The third-order valence-corrected chi connectivity index (χ3v) is 4.00. The fourth-order valence-electron chi connectivity index (χ4n) is 1.65. The van der Waals surface area contributed by atoms with E-state index in [0.717, 1.165) is 19.3 Å². The number of carbonyl (C=O) groups excluding carboxylic acids is 1. The molecule has 1 rings (SSSR count). The number of rotatable bonds is 7. The van der Waals surface area contributed by atoms with Crippen molar-refractivity contribution in [2.24, 2.45) is 0 Å². The lowest BCUT2D eigenvalue weighted by molar-refractivity contribution is -0.119. The third kappa shape index (κ3) is 4.65. The van der Waals surface area contributed by atoms with Gasteiger partial charge >= 0.3 is 0 Å². The minimum absolute atomic E-state index is 0.0397. The summed E-state index contributed by atoms with van der Waals surface area (Å²) in [6.07, 6.45) is 6.03. The van der Waals surface area contributed by atoms with Gasteiger partial charge in [-0.15, -0.1) is 0 Å². The van der Waals surface area contributed by atoms with Crippen LogP contribution in [0.4, 0.5) is 0 Å². The van der Waals surface area contributed by atoms with Crippen molar-refractivity contribution < 1.29 is 9.00 Å². The summed E-state index contributed by atoms with van der Waals surface area (Å²) in [5, 5.41) is 0.136. The summed E-state index contributed by atoms with van der Waals surface area (Å²) in [5.41, 5.74) is -0.371. The highest BCUT2D eigenvalue weighted by Gasteiger charge is 2.14. The van der Waals surface area contributed by atoms with Crippen molar-refractivity contribution in [3.63, 3.8) is 0 Å². The van der Waals surface area contributed by atoms with E-state index in [1.165, 1.54) is 17.0 Å². The number of carbonyl (C=O) groups is 1. The summed E-state index contributed by atoms with van der Waals surface area (Å²) >= 11 is 3.08. The SMILES string of the molecule is CCCCCC(=O)Cn1c(S(C)=O)ncc(Br)c1=O. The second-order valence-electron chi connectivity index (χ2n) is 4.23. The Labute approximate surface area is 123 Å². The highest BCUT2D eigenvalue weighted by molar-refractivity contribution is 9.10. The number of halogens is 1. The van der Waals surface area contributed by atoms with Gasteiger partial charge in [0.2, 0.25) is 5.16 Å². The fraction of sp³-hybridized carbons (Fsp3) is 0.583. The zero-order valence-electron chi connectivity index (χ0n) is 11.0. The first-order valence-electron chi connectivity index (χ1n) is 6.07. The van der Waals surface area contributed by atoms with Crippen molar-refractivity contribution in [2.75, 3.05) is 6.26 Å². The molecule has 0 bridgehead atoms. The molecular weight excluding hydrogens is 332 g/mol. The number of hydrogen-bond acceptors (Lipinski definition) is 4. The number of unbranched alkanes of at least 4 members (excludes halogenated alkanes) is 2. The Kier molecular flexibility index (Phi) is 6.57. The van der Waals surface area contributed by atoms with Gasteiger partial charge in [-0.25, -0.2) is 4.98 Å². The maximum absolute atomic E-state index is 11.9. The topological polar surface area (TPSA) is 69.0 Å². The molecule has 0 fully saturated rings. The number of nitrogens with zero attached hydrogens (tertiary/aromatic N) is 2.